The van der Waals surface area contributed by atoms with Crippen molar-refractivity contribution in [3.63, 3.8) is 0 Å². The van der Waals surface area contributed by atoms with Crippen molar-refractivity contribution in [3.05, 3.63) is 59.5 Å². The Labute approximate surface area is 139 Å². The van der Waals surface area contributed by atoms with Crippen LogP contribution in [0.4, 0.5) is 0 Å². The number of carbonyl (C=O) groups is 1. The average molecular weight is 344 g/mol. The van der Waals surface area contributed by atoms with E-state index in [1.807, 2.05) is 0 Å². The highest BCUT2D eigenvalue weighted by Crippen LogP contribution is 2.17. The number of hydrogen-bond acceptors (Lipinski definition) is 5. The first-order chi connectivity index (χ1) is 11.3. The summed E-state index contributed by atoms with van der Waals surface area (Å²) in [5, 5.41) is 0. The molecule has 0 aliphatic heterocycles. The molecule has 0 saturated heterocycles. The predicted octanol–water partition coefficient (Wildman–Crippen LogP) is 2.82. The fourth-order valence-electron chi connectivity index (χ4n) is 2.33. The number of rotatable bonds is 5. The van der Waals surface area contributed by atoms with Crippen LogP contribution in [0.2, 0.25) is 0 Å². The molecule has 124 valence electrons. The minimum atomic E-state index is -3.65. The van der Waals surface area contributed by atoms with E-state index in [1.165, 1.54) is 31.2 Å². The van der Waals surface area contributed by atoms with E-state index in [-0.39, 0.29) is 17.2 Å². The van der Waals surface area contributed by atoms with E-state index in [9.17, 15) is 13.2 Å². The van der Waals surface area contributed by atoms with Crippen molar-refractivity contribution < 1.29 is 17.6 Å². The normalized spacial score (nSPS) is 11.8. The van der Waals surface area contributed by atoms with Crippen molar-refractivity contribution in [1.82, 2.24) is 9.71 Å². The Morgan fingerprint density at radius 3 is 2.54 bits per heavy atom. The van der Waals surface area contributed by atoms with Crippen LogP contribution in [-0.2, 0) is 16.6 Å². The van der Waals surface area contributed by atoms with E-state index < -0.39 is 10.0 Å². The van der Waals surface area contributed by atoms with Gasteiger partial charge in [-0.3, -0.25) is 4.79 Å². The summed E-state index contributed by atoms with van der Waals surface area (Å²) in [5.74, 6) is 0.455. The molecule has 3 rings (SSSR count). The van der Waals surface area contributed by atoms with E-state index >= 15 is 0 Å². The highest BCUT2D eigenvalue weighted by Gasteiger charge is 2.14. The molecule has 0 saturated carbocycles. The maximum Gasteiger partial charge on any atom is 0.240 e. The topological polar surface area (TPSA) is 89.3 Å². The third kappa shape index (κ3) is 3.37. The maximum absolute atomic E-state index is 12.3. The number of aryl methyl sites for hydroxylation is 1. The lowest BCUT2D eigenvalue weighted by Crippen LogP contribution is -2.23. The van der Waals surface area contributed by atoms with Crippen LogP contribution in [0.1, 0.15) is 28.7 Å². The summed E-state index contributed by atoms with van der Waals surface area (Å²) in [4.78, 5) is 15.6. The standard InChI is InChI=1S/C17H16N2O4S/c1-11(20)14-4-6-15(7-5-14)24(21,22)18-10-13-3-8-17-16(9-13)19-12(2)23-17/h3-9,18H,10H2,1-2H3. The van der Waals surface area contributed by atoms with Crippen LogP contribution in [0.25, 0.3) is 11.1 Å². The number of Topliss-reactive ketones (excluding diaryl/α,β-unsaturated/α-hetero) is 1. The molecule has 0 amide bonds. The smallest absolute Gasteiger partial charge is 0.240 e. The monoisotopic (exact) mass is 344 g/mol. The number of nitrogens with one attached hydrogen (secondary N) is 1. The fourth-order valence-corrected chi connectivity index (χ4v) is 3.35. The van der Waals surface area contributed by atoms with Crippen LogP contribution in [0.5, 0.6) is 0 Å². The lowest BCUT2D eigenvalue weighted by molar-refractivity contribution is 0.101. The summed E-state index contributed by atoms with van der Waals surface area (Å²) in [6.45, 7) is 3.33. The zero-order chi connectivity index (χ0) is 17.3. The van der Waals surface area contributed by atoms with E-state index in [1.54, 1.807) is 25.1 Å². The molecule has 0 radical (unpaired) electrons. The molecule has 1 N–H and O–H groups in total. The number of hydrogen-bond donors (Lipinski definition) is 1. The summed E-state index contributed by atoms with van der Waals surface area (Å²) in [7, 11) is -3.65. The molecular weight excluding hydrogens is 328 g/mol. The zero-order valence-corrected chi connectivity index (χ0v) is 14.1. The van der Waals surface area contributed by atoms with Gasteiger partial charge in [0, 0.05) is 19.0 Å². The molecule has 0 aliphatic carbocycles. The molecule has 0 unspecified atom stereocenters. The lowest BCUT2D eigenvalue weighted by Gasteiger charge is -2.07. The first kappa shape index (κ1) is 16.4. The van der Waals surface area contributed by atoms with E-state index in [0.29, 0.717) is 22.6 Å². The van der Waals surface area contributed by atoms with E-state index in [4.69, 9.17) is 4.42 Å². The molecule has 1 aromatic heterocycles. The Bertz CT molecular complexity index is 1000. The Morgan fingerprint density at radius 2 is 1.88 bits per heavy atom. The first-order valence-electron chi connectivity index (χ1n) is 7.32. The van der Waals surface area contributed by atoms with Gasteiger partial charge in [0.25, 0.3) is 0 Å². The van der Waals surface area contributed by atoms with Crippen molar-refractivity contribution in [2.24, 2.45) is 0 Å². The number of oxazole rings is 1. The van der Waals surface area contributed by atoms with Crippen molar-refractivity contribution in [2.75, 3.05) is 0 Å². The Morgan fingerprint density at radius 1 is 1.17 bits per heavy atom. The second-order valence-electron chi connectivity index (χ2n) is 5.44. The van der Waals surface area contributed by atoms with Crippen LogP contribution in [0, 0.1) is 6.92 Å². The first-order valence-corrected chi connectivity index (χ1v) is 8.80. The third-order valence-electron chi connectivity index (χ3n) is 3.60. The lowest BCUT2D eigenvalue weighted by atomic mass is 10.2. The summed E-state index contributed by atoms with van der Waals surface area (Å²) >= 11 is 0. The van der Waals surface area contributed by atoms with Gasteiger partial charge in [-0.1, -0.05) is 18.2 Å². The molecule has 0 aliphatic rings. The Hall–Kier alpha value is -2.51. The molecule has 24 heavy (non-hydrogen) atoms. The number of aromatic nitrogens is 1. The van der Waals surface area contributed by atoms with Gasteiger partial charge in [-0.15, -0.1) is 0 Å². The number of ketones is 1. The predicted molar refractivity (Wildman–Crippen MR) is 89.2 cm³/mol. The number of fused-ring (bicyclic) bond motifs is 1. The summed E-state index contributed by atoms with van der Waals surface area (Å²) in [5.41, 5.74) is 2.61. The van der Waals surface area contributed by atoms with Gasteiger partial charge in [-0.25, -0.2) is 18.1 Å². The highest BCUT2D eigenvalue weighted by molar-refractivity contribution is 7.89. The van der Waals surface area contributed by atoms with Crippen LogP contribution in [0.3, 0.4) is 0 Å². The van der Waals surface area contributed by atoms with E-state index in [2.05, 4.69) is 9.71 Å². The number of carbonyl (C=O) groups excluding carboxylic acids is 1. The zero-order valence-electron chi connectivity index (χ0n) is 13.2. The third-order valence-corrected chi connectivity index (χ3v) is 5.01. The molecule has 0 bridgehead atoms. The summed E-state index contributed by atoms with van der Waals surface area (Å²) in [6, 6.07) is 11.2. The van der Waals surface area contributed by atoms with Gasteiger partial charge < -0.3 is 4.42 Å². The summed E-state index contributed by atoms with van der Waals surface area (Å²) in [6.07, 6.45) is 0. The van der Waals surface area contributed by atoms with Crippen LogP contribution in [-0.4, -0.2) is 19.2 Å². The molecule has 1 heterocycles. The second-order valence-corrected chi connectivity index (χ2v) is 7.21. The van der Waals surface area contributed by atoms with Crippen molar-refractivity contribution >= 4 is 26.9 Å². The largest absolute Gasteiger partial charge is 0.441 e. The Balaban J connectivity index is 1.77. The van der Waals surface area contributed by atoms with Gasteiger partial charge in [0.05, 0.1) is 4.90 Å². The molecule has 0 fully saturated rings. The van der Waals surface area contributed by atoms with Gasteiger partial charge in [-0.05, 0) is 36.8 Å². The van der Waals surface area contributed by atoms with Crippen LogP contribution < -0.4 is 4.72 Å². The van der Waals surface area contributed by atoms with E-state index in [0.717, 1.165) is 5.56 Å². The minimum absolute atomic E-state index is 0.108. The molecule has 0 atom stereocenters. The number of sulfonamides is 1. The second kappa shape index (κ2) is 6.18. The van der Waals surface area contributed by atoms with Gasteiger partial charge in [0.15, 0.2) is 17.3 Å². The van der Waals surface area contributed by atoms with Gasteiger partial charge >= 0.3 is 0 Å². The Kier molecular flexibility index (Phi) is 4.21. The van der Waals surface area contributed by atoms with Crippen LogP contribution >= 0.6 is 0 Å². The summed E-state index contributed by atoms with van der Waals surface area (Å²) < 4.78 is 32.6. The highest BCUT2D eigenvalue weighted by atomic mass is 32.2. The molecule has 3 aromatic rings. The fraction of sp³-hybridized carbons (Fsp3) is 0.176. The van der Waals surface area contributed by atoms with Gasteiger partial charge in [0.1, 0.15) is 5.52 Å². The van der Waals surface area contributed by atoms with Crippen molar-refractivity contribution in [2.45, 2.75) is 25.3 Å². The maximum atomic E-state index is 12.3. The van der Waals surface area contributed by atoms with Crippen LogP contribution in [0.15, 0.2) is 51.8 Å². The molecule has 6 nitrogen and oxygen atoms in total. The van der Waals surface area contributed by atoms with Gasteiger partial charge in [-0.2, -0.15) is 0 Å². The minimum Gasteiger partial charge on any atom is -0.441 e. The molecule has 0 spiro atoms. The van der Waals surface area contributed by atoms with Gasteiger partial charge in [0.2, 0.25) is 10.0 Å². The molecule has 7 heteroatoms. The number of nitrogens with zero attached hydrogens (tertiary/aromatic N) is 1. The number of benzene rings is 2. The molecule has 2 aromatic carbocycles. The van der Waals surface area contributed by atoms with Crippen molar-refractivity contribution in [1.29, 1.82) is 0 Å². The average Bonchev–Trinajstić information content (AvgIpc) is 2.92. The quantitative estimate of drug-likeness (QED) is 0.719. The van der Waals surface area contributed by atoms with Crippen molar-refractivity contribution in [3.8, 4) is 0 Å². The SMILES string of the molecule is CC(=O)c1ccc(S(=O)(=O)NCc2ccc3oc(C)nc3c2)cc1. The molecular formula is C17H16N2O4S.